The molecule has 2 rings (SSSR count). The van der Waals surface area contributed by atoms with Crippen molar-refractivity contribution in [3.05, 3.63) is 0 Å². The van der Waals surface area contributed by atoms with Crippen LogP contribution in [0.25, 0.3) is 0 Å². The molecule has 0 spiro atoms. The average molecular weight is 295 g/mol. The van der Waals surface area contributed by atoms with Gasteiger partial charge in [0.2, 0.25) is 0 Å². The molecule has 0 aromatic rings. The molecule has 0 radical (unpaired) electrons. The highest BCUT2D eigenvalue weighted by atomic mass is 15.2. The maximum absolute atomic E-state index is 3.38. The van der Waals surface area contributed by atoms with Gasteiger partial charge >= 0.3 is 0 Å². The molecular formula is C19H38N2. The molecule has 1 aliphatic carbocycles. The number of nitrogens with one attached hydrogen (secondary N) is 1. The van der Waals surface area contributed by atoms with E-state index in [-0.39, 0.29) is 0 Å². The number of nitrogens with zero attached hydrogens (tertiary/aromatic N) is 1. The number of hydrogen-bond acceptors (Lipinski definition) is 2. The molecule has 6 atom stereocenters. The molecule has 2 heteroatoms. The molecule has 2 fully saturated rings. The summed E-state index contributed by atoms with van der Waals surface area (Å²) in [5.74, 6) is 5.36. The Bertz CT molecular complexity index is 333. The van der Waals surface area contributed by atoms with E-state index < -0.39 is 0 Å². The summed E-state index contributed by atoms with van der Waals surface area (Å²) >= 11 is 0. The minimum Gasteiger partial charge on any atom is -0.319 e. The molecule has 6 unspecified atom stereocenters. The van der Waals surface area contributed by atoms with Crippen LogP contribution >= 0.6 is 0 Å². The van der Waals surface area contributed by atoms with Gasteiger partial charge in [-0.3, -0.25) is 4.90 Å². The second-order valence-electron chi connectivity index (χ2n) is 9.02. The normalized spacial score (nSPS) is 37.3. The van der Waals surface area contributed by atoms with Crippen LogP contribution in [0, 0.1) is 35.5 Å². The Balaban J connectivity index is 2.11. The van der Waals surface area contributed by atoms with E-state index in [4.69, 9.17) is 0 Å². The second-order valence-corrected chi connectivity index (χ2v) is 9.02. The summed E-state index contributed by atoms with van der Waals surface area (Å²) in [6, 6.07) is 0. The maximum Gasteiger partial charge on any atom is 0.0125 e. The van der Waals surface area contributed by atoms with Crippen LogP contribution in [-0.2, 0) is 0 Å². The highest BCUT2D eigenvalue weighted by Gasteiger charge is 2.47. The Kier molecular flexibility index (Phi) is 5.41. The largest absolute Gasteiger partial charge is 0.319 e. The Morgan fingerprint density at radius 3 is 2.29 bits per heavy atom. The highest BCUT2D eigenvalue weighted by molar-refractivity contribution is 4.98. The minimum absolute atomic E-state index is 0.335. The van der Waals surface area contributed by atoms with Gasteiger partial charge in [0.25, 0.3) is 0 Å². The van der Waals surface area contributed by atoms with E-state index in [1.54, 1.807) is 0 Å². The monoisotopic (exact) mass is 294 g/mol. The van der Waals surface area contributed by atoms with E-state index in [9.17, 15) is 0 Å². The highest BCUT2D eigenvalue weighted by Crippen LogP contribution is 2.48. The van der Waals surface area contributed by atoms with Gasteiger partial charge in [-0.05, 0) is 76.3 Å². The van der Waals surface area contributed by atoms with Gasteiger partial charge in [-0.25, -0.2) is 0 Å². The van der Waals surface area contributed by atoms with Crippen molar-refractivity contribution >= 4 is 0 Å². The molecule has 0 amide bonds. The fraction of sp³-hybridized carbons (Fsp3) is 1.00. The van der Waals surface area contributed by atoms with Crippen molar-refractivity contribution in [2.75, 3.05) is 26.7 Å². The standard InChI is InChI=1S/C19H38N2/c1-13-8-9-16(15(3)14(2)10-20-7)18-12-21(11-17(13)18)19(4,5)6/h13-18,20H,8-12H2,1-7H3. The third-order valence-electron chi connectivity index (χ3n) is 6.70. The minimum atomic E-state index is 0.335. The van der Waals surface area contributed by atoms with Gasteiger partial charge in [0, 0.05) is 18.6 Å². The van der Waals surface area contributed by atoms with Crippen molar-refractivity contribution in [1.82, 2.24) is 10.2 Å². The van der Waals surface area contributed by atoms with E-state index >= 15 is 0 Å². The van der Waals surface area contributed by atoms with E-state index in [2.05, 4.69) is 58.8 Å². The molecular weight excluding hydrogens is 256 g/mol. The summed E-state index contributed by atoms with van der Waals surface area (Å²) in [6.45, 7) is 18.4. The lowest BCUT2D eigenvalue weighted by Gasteiger charge is -2.42. The Morgan fingerprint density at radius 1 is 1.10 bits per heavy atom. The van der Waals surface area contributed by atoms with Crippen molar-refractivity contribution in [1.29, 1.82) is 0 Å². The summed E-state index contributed by atoms with van der Waals surface area (Å²) in [5.41, 5.74) is 0.335. The first-order valence-corrected chi connectivity index (χ1v) is 9.15. The van der Waals surface area contributed by atoms with E-state index in [0.717, 1.165) is 42.1 Å². The molecule has 2 aliphatic rings. The number of rotatable bonds is 4. The van der Waals surface area contributed by atoms with Gasteiger partial charge in [0.15, 0.2) is 0 Å². The van der Waals surface area contributed by atoms with E-state index in [0.29, 0.717) is 5.54 Å². The molecule has 2 nitrogen and oxygen atoms in total. The van der Waals surface area contributed by atoms with Gasteiger partial charge in [-0.1, -0.05) is 27.2 Å². The number of hydrogen-bond donors (Lipinski definition) is 1. The van der Waals surface area contributed by atoms with Crippen LogP contribution in [0.15, 0.2) is 0 Å². The van der Waals surface area contributed by atoms with Gasteiger partial charge in [-0.15, -0.1) is 0 Å². The van der Waals surface area contributed by atoms with Crippen LogP contribution in [0.2, 0.25) is 0 Å². The quantitative estimate of drug-likeness (QED) is 0.846. The zero-order valence-corrected chi connectivity index (χ0v) is 15.4. The van der Waals surface area contributed by atoms with Gasteiger partial charge in [-0.2, -0.15) is 0 Å². The van der Waals surface area contributed by atoms with Crippen molar-refractivity contribution in [2.24, 2.45) is 35.5 Å². The van der Waals surface area contributed by atoms with Gasteiger partial charge in [0.05, 0.1) is 0 Å². The van der Waals surface area contributed by atoms with E-state index in [1.165, 1.54) is 25.9 Å². The molecule has 1 N–H and O–H groups in total. The Morgan fingerprint density at radius 2 is 1.71 bits per heavy atom. The van der Waals surface area contributed by atoms with Gasteiger partial charge < -0.3 is 5.32 Å². The zero-order chi connectivity index (χ0) is 15.8. The fourth-order valence-electron chi connectivity index (χ4n) is 4.92. The number of likely N-dealkylation sites (tertiary alicyclic amines) is 1. The van der Waals surface area contributed by atoms with Crippen LogP contribution in [0.3, 0.4) is 0 Å². The lowest BCUT2D eigenvalue weighted by Crippen LogP contribution is -2.40. The third kappa shape index (κ3) is 3.64. The van der Waals surface area contributed by atoms with Crippen LogP contribution < -0.4 is 5.32 Å². The Labute approximate surface area is 133 Å². The summed E-state index contributed by atoms with van der Waals surface area (Å²) in [5, 5.41) is 3.38. The summed E-state index contributed by atoms with van der Waals surface area (Å²) < 4.78 is 0. The average Bonchev–Trinajstić information content (AvgIpc) is 2.84. The molecule has 124 valence electrons. The van der Waals surface area contributed by atoms with Crippen LogP contribution in [-0.4, -0.2) is 37.1 Å². The lowest BCUT2D eigenvalue weighted by atomic mass is 9.63. The summed E-state index contributed by atoms with van der Waals surface area (Å²) in [7, 11) is 2.09. The lowest BCUT2D eigenvalue weighted by molar-refractivity contribution is 0.0777. The molecule has 0 aromatic heterocycles. The van der Waals surface area contributed by atoms with Crippen molar-refractivity contribution in [3.8, 4) is 0 Å². The Hall–Kier alpha value is -0.0800. The summed E-state index contributed by atoms with van der Waals surface area (Å²) in [6.07, 6.45) is 2.90. The predicted octanol–water partition coefficient (Wildman–Crippen LogP) is 3.87. The predicted molar refractivity (Wildman–Crippen MR) is 92.4 cm³/mol. The van der Waals surface area contributed by atoms with Gasteiger partial charge in [0.1, 0.15) is 0 Å². The molecule has 21 heavy (non-hydrogen) atoms. The first kappa shape index (κ1) is 17.3. The summed E-state index contributed by atoms with van der Waals surface area (Å²) in [4.78, 5) is 2.76. The molecule has 0 aromatic carbocycles. The second kappa shape index (κ2) is 6.58. The smallest absolute Gasteiger partial charge is 0.0125 e. The number of fused-ring (bicyclic) bond motifs is 1. The molecule has 1 saturated carbocycles. The SMILES string of the molecule is CNCC(C)C(C)C1CCC(C)C2CN(C(C)(C)C)CC21. The molecule has 1 heterocycles. The first-order valence-electron chi connectivity index (χ1n) is 9.15. The van der Waals surface area contributed by atoms with Crippen molar-refractivity contribution in [3.63, 3.8) is 0 Å². The first-order chi connectivity index (χ1) is 9.75. The fourth-order valence-corrected chi connectivity index (χ4v) is 4.92. The van der Waals surface area contributed by atoms with Crippen LogP contribution in [0.4, 0.5) is 0 Å². The maximum atomic E-state index is 3.38. The van der Waals surface area contributed by atoms with Crippen molar-refractivity contribution < 1.29 is 0 Å². The molecule has 1 aliphatic heterocycles. The van der Waals surface area contributed by atoms with Crippen LogP contribution in [0.5, 0.6) is 0 Å². The molecule has 0 bridgehead atoms. The molecule has 1 saturated heterocycles. The van der Waals surface area contributed by atoms with Crippen LogP contribution in [0.1, 0.15) is 54.4 Å². The van der Waals surface area contributed by atoms with E-state index in [1.807, 2.05) is 0 Å². The zero-order valence-electron chi connectivity index (χ0n) is 15.4. The third-order valence-corrected chi connectivity index (χ3v) is 6.70. The van der Waals surface area contributed by atoms with Crippen molar-refractivity contribution in [2.45, 2.75) is 59.9 Å². The topological polar surface area (TPSA) is 15.3 Å².